The predicted octanol–water partition coefficient (Wildman–Crippen LogP) is 0.142. The van der Waals surface area contributed by atoms with Gasteiger partial charge >= 0.3 is 0 Å². The third-order valence-corrected chi connectivity index (χ3v) is 2.25. The molecule has 1 aromatic heterocycles. The van der Waals surface area contributed by atoms with Crippen LogP contribution < -0.4 is 5.73 Å². The van der Waals surface area contributed by atoms with Crippen LogP contribution in [0, 0.1) is 0 Å². The number of hydrogen-bond donors (Lipinski definition) is 2. The molecule has 13 heavy (non-hydrogen) atoms. The maximum atomic E-state index is 11.0. The van der Waals surface area contributed by atoms with Gasteiger partial charge in [-0.15, -0.1) is 0 Å². The normalized spacial score (nSPS) is 21.2. The van der Waals surface area contributed by atoms with Crippen LogP contribution in [0.3, 0.4) is 0 Å². The zero-order valence-electron chi connectivity index (χ0n) is 7.33. The molecule has 1 aliphatic heterocycles. The van der Waals surface area contributed by atoms with Crippen molar-refractivity contribution < 1.29 is 9.53 Å². The van der Waals surface area contributed by atoms with Crippen LogP contribution in [-0.4, -0.2) is 22.7 Å². The molecule has 0 spiro atoms. The molecule has 5 heteroatoms. The Hall–Kier alpha value is -1.36. The van der Waals surface area contributed by atoms with Crippen LogP contribution in [0.25, 0.3) is 0 Å². The fourth-order valence-corrected chi connectivity index (χ4v) is 1.59. The predicted molar refractivity (Wildman–Crippen MR) is 45.2 cm³/mol. The lowest BCUT2D eigenvalue weighted by molar-refractivity contribution is 0.0525. The minimum absolute atomic E-state index is 0.0481. The SMILES string of the molecule is CC1OCCc2c1n[nH]c2C(N)=O. The number of fused-ring (bicyclic) bond motifs is 1. The van der Waals surface area contributed by atoms with Gasteiger partial charge in [0.05, 0.1) is 18.4 Å². The van der Waals surface area contributed by atoms with Crippen molar-refractivity contribution in [1.29, 1.82) is 0 Å². The minimum Gasteiger partial charge on any atom is -0.372 e. The van der Waals surface area contributed by atoms with Crippen LogP contribution in [0.5, 0.6) is 0 Å². The number of primary amides is 1. The average molecular weight is 181 g/mol. The Balaban J connectivity index is 2.47. The third-order valence-electron chi connectivity index (χ3n) is 2.25. The Morgan fingerprint density at radius 3 is 3.23 bits per heavy atom. The van der Waals surface area contributed by atoms with Crippen molar-refractivity contribution in [1.82, 2.24) is 10.2 Å². The lowest BCUT2D eigenvalue weighted by Crippen LogP contribution is -2.18. The third kappa shape index (κ3) is 1.21. The van der Waals surface area contributed by atoms with Crippen molar-refractivity contribution in [3.05, 3.63) is 17.0 Å². The molecule has 0 aliphatic carbocycles. The Kier molecular flexibility index (Phi) is 1.81. The highest BCUT2D eigenvalue weighted by Gasteiger charge is 2.24. The van der Waals surface area contributed by atoms with Gasteiger partial charge in [-0.3, -0.25) is 9.89 Å². The van der Waals surface area contributed by atoms with Gasteiger partial charge in [0.2, 0.25) is 0 Å². The number of hydrogen-bond acceptors (Lipinski definition) is 3. The van der Waals surface area contributed by atoms with E-state index in [1.807, 2.05) is 6.92 Å². The Bertz CT molecular complexity index is 345. The molecule has 2 heterocycles. The highest BCUT2D eigenvalue weighted by atomic mass is 16.5. The monoisotopic (exact) mass is 181 g/mol. The van der Waals surface area contributed by atoms with Crippen LogP contribution in [0.2, 0.25) is 0 Å². The quantitative estimate of drug-likeness (QED) is 0.646. The van der Waals surface area contributed by atoms with Gasteiger partial charge < -0.3 is 10.5 Å². The summed E-state index contributed by atoms with van der Waals surface area (Å²) in [6, 6.07) is 0. The molecule has 0 aromatic carbocycles. The first-order valence-corrected chi connectivity index (χ1v) is 4.18. The number of carbonyl (C=O) groups is 1. The summed E-state index contributed by atoms with van der Waals surface area (Å²) in [7, 11) is 0. The molecule has 0 saturated heterocycles. The second-order valence-electron chi connectivity index (χ2n) is 3.09. The van der Waals surface area contributed by atoms with Crippen LogP contribution in [0.15, 0.2) is 0 Å². The molecule has 0 radical (unpaired) electrons. The van der Waals surface area contributed by atoms with Crippen LogP contribution in [0.1, 0.15) is 34.8 Å². The molecule has 1 aromatic rings. The number of nitrogens with two attached hydrogens (primary N) is 1. The maximum Gasteiger partial charge on any atom is 0.267 e. The van der Waals surface area contributed by atoms with Gasteiger partial charge in [-0.25, -0.2) is 0 Å². The Morgan fingerprint density at radius 2 is 2.54 bits per heavy atom. The van der Waals surface area contributed by atoms with Crippen molar-refractivity contribution in [2.75, 3.05) is 6.61 Å². The highest BCUT2D eigenvalue weighted by Crippen LogP contribution is 2.26. The molecule has 0 bridgehead atoms. The first-order chi connectivity index (χ1) is 6.20. The topological polar surface area (TPSA) is 81.0 Å². The first kappa shape index (κ1) is 8.25. The molecule has 1 amide bonds. The average Bonchev–Trinajstić information content (AvgIpc) is 2.48. The fraction of sp³-hybridized carbons (Fsp3) is 0.500. The summed E-state index contributed by atoms with van der Waals surface area (Å²) in [6.07, 6.45) is 0.655. The zero-order chi connectivity index (χ0) is 9.42. The van der Waals surface area contributed by atoms with E-state index in [-0.39, 0.29) is 6.10 Å². The van der Waals surface area contributed by atoms with E-state index >= 15 is 0 Å². The van der Waals surface area contributed by atoms with Crippen LogP contribution in [0.4, 0.5) is 0 Å². The molecule has 1 atom stereocenters. The summed E-state index contributed by atoms with van der Waals surface area (Å²) in [4.78, 5) is 11.0. The molecule has 70 valence electrons. The van der Waals surface area contributed by atoms with Gasteiger partial charge in [-0.1, -0.05) is 0 Å². The Labute approximate surface area is 75.3 Å². The zero-order valence-corrected chi connectivity index (χ0v) is 7.33. The van der Waals surface area contributed by atoms with E-state index in [2.05, 4.69) is 10.2 Å². The number of aromatic nitrogens is 2. The largest absolute Gasteiger partial charge is 0.372 e. The lowest BCUT2D eigenvalue weighted by Gasteiger charge is -2.18. The molecule has 5 nitrogen and oxygen atoms in total. The first-order valence-electron chi connectivity index (χ1n) is 4.18. The van der Waals surface area contributed by atoms with Crippen LogP contribution in [-0.2, 0) is 11.2 Å². The smallest absolute Gasteiger partial charge is 0.267 e. The van der Waals surface area contributed by atoms with E-state index in [4.69, 9.17) is 10.5 Å². The van der Waals surface area contributed by atoms with E-state index in [1.165, 1.54) is 0 Å². The van der Waals surface area contributed by atoms with E-state index in [0.29, 0.717) is 18.7 Å². The lowest BCUT2D eigenvalue weighted by atomic mass is 10.0. The summed E-state index contributed by atoms with van der Waals surface area (Å²) in [5.74, 6) is -0.456. The van der Waals surface area contributed by atoms with Gasteiger partial charge in [0.1, 0.15) is 5.69 Å². The van der Waals surface area contributed by atoms with Gasteiger partial charge in [-0.2, -0.15) is 5.10 Å². The molecular formula is C8H11N3O2. The number of nitrogens with one attached hydrogen (secondary N) is 1. The molecule has 1 unspecified atom stereocenters. The number of H-pyrrole nitrogens is 1. The molecular weight excluding hydrogens is 170 g/mol. The van der Waals surface area contributed by atoms with Crippen molar-refractivity contribution in [2.24, 2.45) is 5.73 Å². The number of nitrogens with zero attached hydrogens (tertiary/aromatic N) is 1. The van der Waals surface area contributed by atoms with Crippen LogP contribution >= 0.6 is 0 Å². The van der Waals surface area contributed by atoms with Crippen molar-refractivity contribution in [3.8, 4) is 0 Å². The summed E-state index contributed by atoms with van der Waals surface area (Å²) in [6.45, 7) is 2.53. The summed E-state index contributed by atoms with van der Waals surface area (Å²) >= 11 is 0. The Morgan fingerprint density at radius 1 is 1.77 bits per heavy atom. The molecule has 2 rings (SSSR count). The minimum atomic E-state index is -0.456. The van der Waals surface area contributed by atoms with E-state index in [1.54, 1.807) is 0 Å². The number of carbonyl (C=O) groups excluding carboxylic acids is 1. The van der Waals surface area contributed by atoms with Crippen molar-refractivity contribution >= 4 is 5.91 Å². The summed E-state index contributed by atoms with van der Waals surface area (Å²) in [5.41, 5.74) is 7.31. The second kappa shape index (κ2) is 2.85. The molecule has 0 fully saturated rings. The van der Waals surface area contributed by atoms with E-state index < -0.39 is 5.91 Å². The van der Waals surface area contributed by atoms with Gasteiger partial charge in [0.25, 0.3) is 5.91 Å². The summed E-state index contributed by atoms with van der Waals surface area (Å²) < 4.78 is 5.36. The number of amides is 1. The molecule has 3 N–H and O–H groups in total. The van der Waals surface area contributed by atoms with Crippen molar-refractivity contribution in [3.63, 3.8) is 0 Å². The van der Waals surface area contributed by atoms with E-state index in [0.717, 1.165) is 11.3 Å². The maximum absolute atomic E-state index is 11.0. The second-order valence-corrected chi connectivity index (χ2v) is 3.09. The highest BCUT2D eigenvalue weighted by molar-refractivity contribution is 5.92. The number of ether oxygens (including phenoxy) is 1. The van der Waals surface area contributed by atoms with Gasteiger partial charge in [0.15, 0.2) is 0 Å². The molecule has 1 aliphatic rings. The summed E-state index contributed by atoms with van der Waals surface area (Å²) in [5, 5.41) is 6.65. The standard InChI is InChI=1S/C8H11N3O2/c1-4-6-5(2-3-13-4)7(8(9)12)11-10-6/h4H,2-3H2,1H3,(H2,9,12)(H,10,11). The fourth-order valence-electron chi connectivity index (χ4n) is 1.59. The van der Waals surface area contributed by atoms with Crippen molar-refractivity contribution in [2.45, 2.75) is 19.4 Å². The number of aromatic amines is 1. The van der Waals surface area contributed by atoms with Gasteiger partial charge in [-0.05, 0) is 6.92 Å². The molecule has 0 saturated carbocycles. The van der Waals surface area contributed by atoms with Gasteiger partial charge in [0, 0.05) is 12.0 Å². The number of rotatable bonds is 1. The van der Waals surface area contributed by atoms with E-state index in [9.17, 15) is 4.79 Å².